The van der Waals surface area contributed by atoms with E-state index in [2.05, 4.69) is 11.3 Å². The van der Waals surface area contributed by atoms with Crippen LogP contribution in [0.4, 0.5) is 0 Å². The molecule has 0 fully saturated rings. The van der Waals surface area contributed by atoms with Crippen molar-refractivity contribution in [3.8, 4) is 0 Å². The maximum atomic E-state index is 10.3. The van der Waals surface area contributed by atoms with E-state index in [0.29, 0.717) is 0 Å². The van der Waals surface area contributed by atoms with E-state index in [4.69, 9.17) is 5.11 Å². The van der Waals surface area contributed by atoms with Gasteiger partial charge in [0.1, 0.15) is 6.61 Å². The molecule has 4 nitrogen and oxygen atoms in total. The largest absolute Gasteiger partial charge is 4.00 e. The molecular formula is C6H8O4Zr+4. The van der Waals surface area contributed by atoms with Gasteiger partial charge in [0, 0.05) is 6.08 Å². The van der Waals surface area contributed by atoms with E-state index in [1.54, 1.807) is 0 Å². The van der Waals surface area contributed by atoms with Gasteiger partial charge in [-0.25, -0.2) is 4.79 Å². The zero-order valence-electron chi connectivity index (χ0n) is 5.87. The van der Waals surface area contributed by atoms with E-state index in [9.17, 15) is 9.59 Å². The summed E-state index contributed by atoms with van der Waals surface area (Å²) in [6.07, 6.45) is 0.821. The SMILES string of the molecule is C=CC(=O)OCCC(=O)O.[Zr+4]. The average Bonchev–Trinajstić information content (AvgIpc) is 1.87. The Balaban J connectivity index is 0. The van der Waals surface area contributed by atoms with Crippen LogP contribution in [0.15, 0.2) is 12.7 Å². The summed E-state index contributed by atoms with van der Waals surface area (Å²) in [5, 5.41) is 8.08. The molecule has 0 atom stereocenters. The number of carboxylic acid groups (broad SMARTS) is 1. The Morgan fingerprint density at radius 2 is 2.09 bits per heavy atom. The summed E-state index contributed by atoms with van der Waals surface area (Å²) in [5.74, 6) is -1.59. The van der Waals surface area contributed by atoms with Crippen molar-refractivity contribution < 1.29 is 45.6 Å². The number of ether oxygens (including phenoxy) is 1. The van der Waals surface area contributed by atoms with Gasteiger partial charge >= 0.3 is 38.1 Å². The summed E-state index contributed by atoms with van der Waals surface area (Å²) in [5.41, 5.74) is 0. The first-order valence-electron chi connectivity index (χ1n) is 2.68. The molecule has 0 amide bonds. The molecule has 0 radical (unpaired) electrons. The van der Waals surface area contributed by atoms with Crippen molar-refractivity contribution in [2.45, 2.75) is 6.42 Å². The fourth-order valence-corrected chi connectivity index (χ4v) is 0.298. The standard InChI is InChI=1S/C6H8O4.Zr/c1-2-6(9)10-4-3-5(7)8;/h2H,1,3-4H2,(H,7,8);/q;+4. The third-order valence-corrected chi connectivity index (χ3v) is 0.727. The quantitative estimate of drug-likeness (QED) is 0.558. The molecule has 0 saturated heterocycles. The number of aliphatic carboxylic acids is 1. The van der Waals surface area contributed by atoms with Gasteiger partial charge in [0.05, 0.1) is 6.42 Å². The van der Waals surface area contributed by atoms with Crippen LogP contribution in [0, 0.1) is 0 Å². The van der Waals surface area contributed by atoms with E-state index < -0.39 is 11.9 Å². The summed E-state index contributed by atoms with van der Waals surface area (Å²) in [6, 6.07) is 0. The van der Waals surface area contributed by atoms with E-state index in [0.717, 1.165) is 6.08 Å². The third-order valence-electron chi connectivity index (χ3n) is 0.727. The molecule has 1 N–H and O–H groups in total. The number of esters is 1. The zero-order valence-corrected chi connectivity index (χ0v) is 8.33. The molecule has 0 aromatic rings. The van der Waals surface area contributed by atoms with Crippen molar-refractivity contribution in [2.24, 2.45) is 0 Å². The number of carbonyl (C=O) groups is 2. The number of carboxylic acids is 1. The molecule has 0 aliphatic carbocycles. The van der Waals surface area contributed by atoms with Crippen molar-refractivity contribution in [1.82, 2.24) is 0 Å². The number of carbonyl (C=O) groups excluding carboxylic acids is 1. The molecule has 0 aliphatic rings. The minimum absolute atomic E-state index is 0. The maximum Gasteiger partial charge on any atom is 4.00 e. The first kappa shape index (κ1) is 13.2. The molecule has 0 aliphatic heterocycles. The van der Waals surface area contributed by atoms with Crippen LogP contribution in [-0.2, 0) is 40.5 Å². The molecule has 11 heavy (non-hydrogen) atoms. The van der Waals surface area contributed by atoms with Crippen LogP contribution in [0.3, 0.4) is 0 Å². The Bertz CT molecular complexity index is 155. The number of hydrogen-bond donors (Lipinski definition) is 1. The predicted molar refractivity (Wildman–Crippen MR) is 33.4 cm³/mol. The first-order chi connectivity index (χ1) is 4.66. The van der Waals surface area contributed by atoms with Crippen LogP contribution in [-0.4, -0.2) is 23.7 Å². The Kier molecular flexibility index (Phi) is 9.18. The minimum Gasteiger partial charge on any atom is -0.481 e. The van der Waals surface area contributed by atoms with Gasteiger partial charge in [-0.15, -0.1) is 0 Å². The summed E-state index contributed by atoms with van der Waals surface area (Å²) in [7, 11) is 0. The Hall–Kier alpha value is -0.437. The van der Waals surface area contributed by atoms with Crippen molar-refractivity contribution >= 4 is 11.9 Å². The van der Waals surface area contributed by atoms with Crippen molar-refractivity contribution in [2.75, 3.05) is 6.61 Å². The summed E-state index contributed by atoms with van der Waals surface area (Å²) in [4.78, 5) is 20.1. The van der Waals surface area contributed by atoms with E-state index >= 15 is 0 Å². The zero-order chi connectivity index (χ0) is 7.98. The molecule has 5 heteroatoms. The van der Waals surface area contributed by atoms with Gasteiger partial charge in [-0.05, 0) is 0 Å². The number of hydrogen-bond acceptors (Lipinski definition) is 3. The Labute approximate surface area is 83.4 Å². The second-order valence-electron chi connectivity index (χ2n) is 1.52. The van der Waals surface area contributed by atoms with E-state index in [1.807, 2.05) is 0 Å². The Morgan fingerprint density at radius 1 is 1.55 bits per heavy atom. The first-order valence-corrected chi connectivity index (χ1v) is 2.68. The smallest absolute Gasteiger partial charge is 0.481 e. The van der Waals surface area contributed by atoms with Gasteiger partial charge in [-0.1, -0.05) is 6.58 Å². The van der Waals surface area contributed by atoms with Gasteiger partial charge in [-0.3, -0.25) is 4.79 Å². The summed E-state index contributed by atoms with van der Waals surface area (Å²) >= 11 is 0. The minimum atomic E-state index is -0.989. The van der Waals surface area contributed by atoms with Crippen LogP contribution in [0.25, 0.3) is 0 Å². The fourth-order valence-electron chi connectivity index (χ4n) is 0.298. The molecule has 0 unspecified atom stereocenters. The molecule has 56 valence electrons. The molecule has 0 heterocycles. The Morgan fingerprint density at radius 3 is 2.45 bits per heavy atom. The second kappa shape index (κ2) is 7.67. The molecule has 0 bridgehead atoms. The monoisotopic (exact) mass is 234 g/mol. The van der Waals surface area contributed by atoms with Gasteiger partial charge < -0.3 is 9.84 Å². The van der Waals surface area contributed by atoms with Gasteiger partial charge in [0.15, 0.2) is 0 Å². The molecule has 0 aromatic carbocycles. The molecule has 0 saturated carbocycles. The normalized spacial score (nSPS) is 7.64. The van der Waals surface area contributed by atoms with Gasteiger partial charge in [0.2, 0.25) is 0 Å². The molecule has 0 rings (SSSR count). The molecular weight excluding hydrogens is 227 g/mol. The second-order valence-corrected chi connectivity index (χ2v) is 1.52. The van der Waals surface area contributed by atoms with Crippen molar-refractivity contribution in [1.29, 1.82) is 0 Å². The average molecular weight is 235 g/mol. The molecule has 0 spiro atoms. The molecule has 0 aromatic heterocycles. The summed E-state index contributed by atoms with van der Waals surface area (Å²) in [6.45, 7) is 3.04. The van der Waals surface area contributed by atoms with Crippen molar-refractivity contribution in [3.63, 3.8) is 0 Å². The fraction of sp³-hybridized carbons (Fsp3) is 0.333. The van der Waals surface area contributed by atoms with Crippen LogP contribution in [0.2, 0.25) is 0 Å². The van der Waals surface area contributed by atoms with Crippen molar-refractivity contribution in [3.05, 3.63) is 12.7 Å². The van der Waals surface area contributed by atoms with Crippen LogP contribution in [0.1, 0.15) is 6.42 Å². The third kappa shape index (κ3) is 9.56. The van der Waals surface area contributed by atoms with Crippen LogP contribution < -0.4 is 0 Å². The van der Waals surface area contributed by atoms with E-state index in [-0.39, 0.29) is 39.2 Å². The number of rotatable bonds is 4. The van der Waals surface area contributed by atoms with Gasteiger partial charge in [-0.2, -0.15) is 0 Å². The topological polar surface area (TPSA) is 63.6 Å². The van der Waals surface area contributed by atoms with Crippen LogP contribution >= 0.6 is 0 Å². The summed E-state index contributed by atoms with van der Waals surface area (Å²) < 4.78 is 4.36. The maximum absolute atomic E-state index is 10.3. The van der Waals surface area contributed by atoms with E-state index in [1.165, 1.54) is 0 Å². The van der Waals surface area contributed by atoms with Gasteiger partial charge in [0.25, 0.3) is 0 Å². The predicted octanol–water partition coefficient (Wildman–Crippen LogP) is 0.188. The van der Waals surface area contributed by atoms with Crippen LogP contribution in [0.5, 0.6) is 0 Å².